The van der Waals surface area contributed by atoms with Gasteiger partial charge in [-0.3, -0.25) is 0 Å². The van der Waals surface area contributed by atoms with Gasteiger partial charge in [-0.15, -0.1) is 0 Å². The molecular weight excluding hydrogens is 122 g/mol. The van der Waals surface area contributed by atoms with E-state index in [0.717, 1.165) is 12.6 Å². The lowest BCUT2D eigenvalue weighted by molar-refractivity contribution is 0.480. The highest BCUT2D eigenvalue weighted by molar-refractivity contribution is 5.04. The zero-order chi connectivity index (χ0) is 7.40. The quantitative estimate of drug-likeness (QED) is 0.578. The van der Waals surface area contributed by atoms with E-state index in [1.165, 1.54) is 19.3 Å². The summed E-state index contributed by atoms with van der Waals surface area (Å²) in [5.41, 5.74) is 1.56. The molecular formula is C9H17N. The minimum Gasteiger partial charge on any atom is -0.314 e. The van der Waals surface area contributed by atoms with E-state index in [4.69, 9.17) is 0 Å². The van der Waals surface area contributed by atoms with E-state index in [1.54, 1.807) is 5.57 Å². The summed E-state index contributed by atoms with van der Waals surface area (Å²) in [5.74, 6) is 0. The van der Waals surface area contributed by atoms with Crippen LogP contribution in [0.25, 0.3) is 0 Å². The Morgan fingerprint density at radius 1 is 1.70 bits per heavy atom. The van der Waals surface area contributed by atoms with Crippen LogP contribution in [0, 0.1) is 0 Å². The second-order valence-electron chi connectivity index (χ2n) is 3.08. The van der Waals surface area contributed by atoms with E-state index in [9.17, 15) is 0 Å². The second kappa shape index (κ2) is 3.77. The maximum atomic E-state index is 3.46. The zero-order valence-electron chi connectivity index (χ0n) is 6.98. The Balaban J connectivity index is 2.27. The summed E-state index contributed by atoms with van der Waals surface area (Å²) in [6.45, 7) is 5.50. The summed E-state index contributed by atoms with van der Waals surface area (Å²) in [4.78, 5) is 0. The Morgan fingerprint density at radius 2 is 2.50 bits per heavy atom. The van der Waals surface area contributed by atoms with Crippen molar-refractivity contribution >= 4 is 0 Å². The molecule has 0 spiro atoms. The molecule has 1 unspecified atom stereocenters. The standard InChI is InChI=1S/C9H17N/c1-3-10-9-6-4-8(2)5-7-9/h4,9-10H,3,5-7H2,1-2H3. The van der Waals surface area contributed by atoms with Crippen LogP contribution in [0.3, 0.4) is 0 Å². The minimum absolute atomic E-state index is 0.758. The molecule has 1 atom stereocenters. The van der Waals surface area contributed by atoms with Gasteiger partial charge in [0.05, 0.1) is 0 Å². The largest absolute Gasteiger partial charge is 0.314 e. The van der Waals surface area contributed by atoms with Crippen LogP contribution in [0.4, 0.5) is 0 Å². The van der Waals surface area contributed by atoms with Crippen molar-refractivity contribution in [3.63, 3.8) is 0 Å². The number of nitrogens with one attached hydrogen (secondary N) is 1. The normalized spacial score (nSPS) is 26.2. The molecule has 0 aliphatic heterocycles. The first-order chi connectivity index (χ1) is 4.83. The van der Waals surface area contributed by atoms with Crippen molar-refractivity contribution in [1.82, 2.24) is 5.32 Å². The third kappa shape index (κ3) is 2.14. The van der Waals surface area contributed by atoms with Crippen molar-refractivity contribution in [3.05, 3.63) is 11.6 Å². The van der Waals surface area contributed by atoms with E-state index < -0.39 is 0 Å². The highest BCUT2D eigenvalue weighted by Crippen LogP contribution is 2.16. The van der Waals surface area contributed by atoms with Gasteiger partial charge >= 0.3 is 0 Å². The summed E-state index contributed by atoms with van der Waals surface area (Å²) < 4.78 is 0. The van der Waals surface area contributed by atoms with Gasteiger partial charge in [0.25, 0.3) is 0 Å². The van der Waals surface area contributed by atoms with E-state index in [-0.39, 0.29) is 0 Å². The number of hydrogen-bond donors (Lipinski definition) is 1. The van der Waals surface area contributed by atoms with Crippen LogP contribution in [0.1, 0.15) is 33.1 Å². The molecule has 58 valence electrons. The van der Waals surface area contributed by atoms with Gasteiger partial charge in [0.15, 0.2) is 0 Å². The highest BCUT2D eigenvalue weighted by Gasteiger charge is 2.09. The molecule has 1 aliphatic rings. The van der Waals surface area contributed by atoms with Gasteiger partial charge in [-0.1, -0.05) is 18.6 Å². The number of allylic oxidation sites excluding steroid dienone is 1. The Kier molecular flexibility index (Phi) is 2.94. The van der Waals surface area contributed by atoms with Crippen LogP contribution in [-0.4, -0.2) is 12.6 Å². The van der Waals surface area contributed by atoms with Gasteiger partial charge in [-0.05, 0) is 32.7 Å². The van der Waals surface area contributed by atoms with E-state index >= 15 is 0 Å². The summed E-state index contributed by atoms with van der Waals surface area (Å²) >= 11 is 0. The average Bonchev–Trinajstić information content (AvgIpc) is 1.95. The summed E-state index contributed by atoms with van der Waals surface area (Å²) in [6.07, 6.45) is 6.21. The topological polar surface area (TPSA) is 12.0 Å². The molecule has 0 amide bonds. The lowest BCUT2D eigenvalue weighted by Crippen LogP contribution is -2.29. The molecule has 1 aliphatic carbocycles. The van der Waals surface area contributed by atoms with E-state index in [1.807, 2.05) is 0 Å². The van der Waals surface area contributed by atoms with Crippen LogP contribution < -0.4 is 5.32 Å². The average molecular weight is 139 g/mol. The molecule has 0 saturated carbocycles. The van der Waals surface area contributed by atoms with Crippen LogP contribution in [0.15, 0.2) is 11.6 Å². The van der Waals surface area contributed by atoms with Crippen molar-refractivity contribution in [3.8, 4) is 0 Å². The minimum atomic E-state index is 0.758. The molecule has 0 heterocycles. The molecule has 0 radical (unpaired) electrons. The van der Waals surface area contributed by atoms with Gasteiger partial charge in [-0.25, -0.2) is 0 Å². The molecule has 0 bridgehead atoms. The molecule has 1 N–H and O–H groups in total. The van der Waals surface area contributed by atoms with Crippen molar-refractivity contribution in [2.45, 2.75) is 39.2 Å². The van der Waals surface area contributed by atoms with Crippen LogP contribution in [-0.2, 0) is 0 Å². The van der Waals surface area contributed by atoms with E-state index in [0.29, 0.717) is 0 Å². The maximum absolute atomic E-state index is 3.46. The summed E-state index contributed by atoms with van der Waals surface area (Å²) in [6, 6.07) is 0.758. The Bertz CT molecular complexity index is 127. The highest BCUT2D eigenvalue weighted by atomic mass is 14.9. The summed E-state index contributed by atoms with van der Waals surface area (Å²) in [5, 5.41) is 3.46. The van der Waals surface area contributed by atoms with Crippen molar-refractivity contribution in [2.75, 3.05) is 6.54 Å². The van der Waals surface area contributed by atoms with Gasteiger partial charge in [0.1, 0.15) is 0 Å². The number of hydrogen-bond acceptors (Lipinski definition) is 1. The van der Waals surface area contributed by atoms with Crippen LogP contribution in [0.5, 0.6) is 0 Å². The monoisotopic (exact) mass is 139 g/mol. The Hall–Kier alpha value is -0.300. The predicted octanol–water partition coefficient (Wildman–Crippen LogP) is 2.09. The Labute approximate surface area is 63.5 Å². The fraction of sp³-hybridized carbons (Fsp3) is 0.778. The summed E-state index contributed by atoms with van der Waals surface area (Å²) in [7, 11) is 0. The van der Waals surface area contributed by atoms with Crippen molar-refractivity contribution in [1.29, 1.82) is 0 Å². The van der Waals surface area contributed by atoms with Gasteiger partial charge in [0.2, 0.25) is 0 Å². The molecule has 1 nitrogen and oxygen atoms in total. The van der Waals surface area contributed by atoms with Gasteiger partial charge in [0, 0.05) is 6.04 Å². The fourth-order valence-electron chi connectivity index (χ4n) is 1.44. The second-order valence-corrected chi connectivity index (χ2v) is 3.08. The third-order valence-corrected chi connectivity index (χ3v) is 2.13. The first-order valence-electron chi connectivity index (χ1n) is 4.22. The van der Waals surface area contributed by atoms with Crippen molar-refractivity contribution < 1.29 is 0 Å². The van der Waals surface area contributed by atoms with E-state index in [2.05, 4.69) is 25.2 Å². The number of rotatable bonds is 2. The van der Waals surface area contributed by atoms with Gasteiger partial charge < -0.3 is 5.32 Å². The smallest absolute Gasteiger partial charge is 0.0105 e. The van der Waals surface area contributed by atoms with Crippen LogP contribution >= 0.6 is 0 Å². The van der Waals surface area contributed by atoms with Crippen molar-refractivity contribution in [2.24, 2.45) is 0 Å². The third-order valence-electron chi connectivity index (χ3n) is 2.13. The lowest BCUT2D eigenvalue weighted by atomic mass is 9.96. The predicted molar refractivity (Wildman–Crippen MR) is 45.1 cm³/mol. The molecule has 0 aromatic heterocycles. The van der Waals surface area contributed by atoms with Gasteiger partial charge in [-0.2, -0.15) is 0 Å². The molecule has 1 heteroatoms. The zero-order valence-corrected chi connectivity index (χ0v) is 6.98. The van der Waals surface area contributed by atoms with Crippen LogP contribution in [0.2, 0.25) is 0 Å². The first kappa shape index (κ1) is 7.80. The molecule has 0 aromatic rings. The molecule has 0 saturated heterocycles. The molecule has 1 rings (SSSR count). The SMILES string of the molecule is CCNC1CC=C(C)CC1. The first-order valence-corrected chi connectivity index (χ1v) is 4.22. The maximum Gasteiger partial charge on any atom is 0.0105 e. The Morgan fingerprint density at radius 3 is 3.00 bits per heavy atom. The molecule has 0 fully saturated rings. The fourth-order valence-corrected chi connectivity index (χ4v) is 1.44. The lowest BCUT2D eigenvalue weighted by Gasteiger charge is -2.20. The molecule has 10 heavy (non-hydrogen) atoms. The molecule has 0 aromatic carbocycles.